The van der Waals surface area contributed by atoms with E-state index in [-0.39, 0.29) is 0 Å². The molecule has 4 rings (SSSR count). The van der Waals surface area contributed by atoms with E-state index in [2.05, 4.69) is 39.5 Å². The second kappa shape index (κ2) is 7.54. The van der Waals surface area contributed by atoms with Gasteiger partial charge in [0.1, 0.15) is 12.4 Å². The molecule has 5 heteroatoms. The fourth-order valence-electron chi connectivity index (χ4n) is 4.06. The largest absolute Gasteiger partial charge is 0.491 e. The highest BCUT2D eigenvalue weighted by Gasteiger charge is 2.42. The third-order valence-electron chi connectivity index (χ3n) is 5.53. The van der Waals surface area contributed by atoms with Gasteiger partial charge >= 0.3 is 0 Å². The monoisotopic (exact) mass is 353 g/mol. The molecule has 2 aliphatic rings. The summed E-state index contributed by atoms with van der Waals surface area (Å²) in [6, 6.07) is 14.5. The fraction of sp³-hybridized carbons (Fsp3) is 0.476. The third kappa shape index (κ3) is 3.49. The topological polar surface area (TPSA) is 46.1 Å². The molecule has 0 bridgehead atoms. The first-order valence-corrected chi connectivity index (χ1v) is 9.44. The van der Waals surface area contributed by atoms with Crippen LogP contribution in [0.15, 0.2) is 47.5 Å². The quantitative estimate of drug-likeness (QED) is 0.522. The number of rotatable bonds is 4. The van der Waals surface area contributed by atoms with Gasteiger partial charge in [0.2, 0.25) is 0 Å². The second-order valence-electron chi connectivity index (χ2n) is 7.27. The van der Waals surface area contributed by atoms with Gasteiger partial charge in [0.25, 0.3) is 0 Å². The van der Waals surface area contributed by atoms with Gasteiger partial charge < -0.3 is 19.7 Å². The van der Waals surface area contributed by atoms with Gasteiger partial charge in [-0.3, -0.25) is 4.99 Å². The van der Waals surface area contributed by atoms with Gasteiger partial charge in [0.15, 0.2) is 5.96 Å². The van der Waals surface area contributed by atoms with Crippen LogP contribution in [0.25, 0.3) is 10.8 Å². The Bertz CT molecular complexity index is 778. The summed E-state index contributed by atoms with van der Waals surface area (Å²) in [5, 5.41) is 5.80. The van der Waals surface area contributed by atoms with Crippen molar-refractivity contribution in [3.8, 4) is 5.75 Å². The Hall–Kier alpha value is -2.27. The van der Waals surface area contributed by atoms with E-state index in [9.17, 15) is 0 Å². The molecule has 2 aromatic carbocycles. The van der Waals surface area contributed by atoms with E-state index in [4.69, 9.17) is 9.47 Å². The standard InChI is InChI=1S/C21H27N3O2/c1-22-20(24-12-9-21(15-24)10-13-25-16-21)23-11-14-26-19-8-4-6-17-5-2-3-7-18(17)19/h2-8H,9-16H2,1H3,(H,22,23). The van der Waals surface area contributed by atoms with E-state index in [1.807, 2.05) is 25.2 Å². The molecule has 1 unspecified atom stereocenters. The van der Waals surface area contributed by atoms with Gasteiger partial charge in [-0.2, -0.15) is 0 Å². The molecular formula is C21H27N3O2. The van der Waals surface area contributed by atoms with Gasteiger partial charge in [-0.1, -0.05) is 36.4 Å². The van der Waals surface area contributed by atoms with Gasteiger partial charge in [0, 0.05) is 37.5 Å². The highest BCUT2D eigenvalue weighted by molar-refractivity contribution is 5.88. The van der Waals surface area contributed by atoms with Gasteiger partial charge in [-0.05, 0) is 24.3 Å². The third-order valence-corrected chi connectivity index (χ3v) is 5.53. The van der Waals surface area contributed by atoms with Crippen LogP contribution in [0.1, 0.15) is 12.8 Å². The number of aliphatic imine (C=N–C) groups is 1. The summed E-state index contributed by atoms with van der Waals surface area (Å²) in [5.74, 6) is 1.90. The number of benzene rings is 2. The zero-order chi connectivity index (χ0) is 17.8. The smallest absolute Gasteiger partial charge is 0.193 e. The molecule has 0 aromatic heterocycles. The SMILES string of the molecule is CN=C(NCCOc1cccc2ccccc12)N1CCC2(CCOC2)C1. The fourth-order valence-corrected chi connectivity index (χ4v) is 4.06. The molecular weight excluding hydrogens is 326 g/mol. The first-order chi connectivity index (χ1) is 12.8. The Morgan fingerprint density at radius 1 is 1.23 bits per heavy atom. The number of nitrogens with zero attached hydrogens (tertiary/aromatic N) is 2. The lowest BCUT2D eigenvalue weighted by Crippen LogP contribution is -2.42. The summed E-state index contributed by atoms with van der Waals surface area (Å²) in [6.07, 6.45) is 2.37. The normalized spacial score (nSPS) is 23.1. The van der Waals surface area contributed by atoms with Crippen LogP contribution >= 0.6 is 0 Å². The second-order valence-corrected chi connectivity index (χ2v) is 7.27. The number of hydrogen-bond acceptors (Lipinski definition) is 3. The molecule has 2 aliphatic heterocycles. The molecule has 2 saturated heterocycles. The van der Waals surface area contributed by atoms with Crippen LogP contribution in [-0.4, -0.2) is 57.4 Å². The van der Waals surface area contributed by atoms with E-state index < -0.39 is 0 Å². The van der Waals surface area contributed by atoms with Crippen LogP contribution in [0.3, 0.4) is 0 Å². The van der Waals surface area contributed by atoms with Gasteiger partial charge in [0.05, 0.1) is 13.2 Å². The zero-order valence-electron chi connectivity index (χ0n) is 15.4. The molecule has 26 heavy (non-hydrogen) atoms. The molecule has 1 N–H and O–H groups in total. The number of nitrogens with one attached hydrogen (secondary N) is 1. The maximum atomic E-state index is 6.01. The summed E-state index contributed by atoms with van der Waals surface area (Å²) in [7, 11) is 1.85. The average molecular weight is 353 g/mol. The van der Waals surface area contributed by atoms with E-state index in [0.29, 0.717) is 12.0 Å². The summed E-state index contributed by atoms with van der Waals surface area (Å²) in [6.45, 7) is 5.22. The molecule has 1 spiro atoms. The maximum Gasteiger partial charge on any atom is 0.193 e. The lowest BCUT2D eigenvalue weighted by molar-refractivity contribution is 0.156. The highest BCUT2D eigenvalue weighted by atomic mass is 16.5. The molecule has 0 saturated carbocycles. The maximum absolute atomic E-state index is 6.01. The molecule has 0 radical (unpaired) electrons. The Morgan fingerprint density at radius 2 is 2.12 bits per heavy atom. The number of hydrogen-bond donors (Lipinski definition) is 1. The van der Waals surface area contributed by atoms with Crippen LogP contribution < -0.4 is 10.1 Å². The number of ether oxygens (including phenoxy) is 2. The van der Waals surface area contributed by atoms with Crippen LogP contribution in [-0.2, 0) is 4.74 Å². The van der Waals surface area contributed by atoms with Crippen molar-refractivity contribution in [1.82, 2.24) is 10.2 Å². The zero-order valence-corrected chi connectivity index (χ0v) is 15.4. The first kappa shape index (κ1) is 17.2. The molecule has 2 fully saturated rings. The average Bonchev–Trinajstić information content (AvgIpc) is 3.32. The predicted octanol–water partition coefficient (Wildman–Crippen LogP) is 2.91. The van der Waals surface area contributed by atoms with E-state index in [1.165, 1.54) is 18.2 Å². The minimum atomic E-state index is 0.344. The lowest BCUT2D eigenvalue weighted by atomic mass is 9.87. The van der Waals surface area contributed by atoms with Crippen LogP contribution in [0.4, 0.5) is 0 Å². The van der Waals surface area contributed by atoms with Crippen molar-refractivity contribution >= 4 is 16.7 Å². The van der Waals surface area contributed by atoms with Crippen LogP contribution in [0.5, 0.6) is 5.75 Å². The van der Waals surface area contributed by atoms with Crippen molar-refractivity contribution in [3.63, 3.8) is 0 Å². The van der Waals surface area contributed by atoms with E-state index >= 15 is 0 Å². The molecule has 0 amide bonds. The molecule has 5 nitrogen and oxygen atoms in total. The van der Waals surface area contributed by atoms with Gasteiger partial charge in [-0.25, -0.2) is 0 Å². The summed E-state index contributed by atoms with van der Waals surface area (Å²) < 4.78 is 11.6. The Kier molecular flexibility index (Phi) is 4.98. The molecule has 1 atom stereocenters. The van der Waals surface area contributed by atoms with Crippen LogP contribution in [0.2, 0.25) is 0 Å². The van der Waals surface area contributed by atoms with Crippen molar-refractivity contribution in [2.75, 3.05) is 46.5 Å². The van der Waals surface area contributed by atoms with Gasteiger partial charge in [-0.15, -0.1) is 0 Å². The number of fused-ring (bicyclic) bond motifs is 1. The van der Waals surface area contributed by atoms with Crippen molar-refractivity contribution in [2.45, 2.75) is 12.8 Å². The first-order valence-electron chi connectivity index (χ1n) is 9.44. The molecule has 138 valence electrons. The minimum Gasteiger partial charge on any atom is -0.491 e. The predicted molar refractivity (Wildman–Crippen MR) is 105 cm³/mol. The lowest BCUT2D eigenvalue weighted by Gasteiger charge is -2.25. The van der Waals surface area contributed by atoms with Crippen molar-refractivity contribution in [2.24, 2.45) is 10.4 Å². The van der Waals surface area contributed by atoms with Crippen molar-refractivity contribution < 1.29 is 9.47 Å². The van der Waals surface area contributed by atoms with Crippen LogP contribution in [0, 0.1) is 5.41 Å². The van der Waals surface area contributed by atoms with Crippen molar-refractivity contribution in [3.05, 3.63) is 42.5 Å². The Labute approximate surface area is 155 Å². The summed E-state index contributed by atoms with van der Waals surface area (Å²) in [5.41, 5.74) is 0.344. The molecule has 2 aromatic rings. The minimum absolute atomic E-state index is 0.344. The number of likely N-dealkylation sites (tertiary alicyclic amines) is 1. The van der Waals surface area contributed by atoms with Crippen molar-refractivity contribution in [1.29, 1.82) is 0 Å². The summed E-state index contributed by atoms with van der Waals surface area (Å²) >= 11 is 0. The Balaban J connectivity index is 1.30. The van der Waals surface area contributed by atoms with E-state index in [1.54, 1.807) is 0 Å². The highest BCUT2D eigenvalue weighted by Crippen LogP contribution is 2.38. The summed E-state index contributed by atoms with van der Waals surface area (Å²) in [4.78, 5) is 6.81. The van der Waals surface area contributed by atoms with E-state index in [0.717, 1.165) is 49.9 Å². The molecule has 0 aliphatic carbocycles. The Morgan fingerprint density at radius 3 is 2.96 bits per heavy atom. The number of guanidine groups is 1. The molecule has 2 heterocycles.